The lowest BCUT2D eigenvalue weighted by Gasteiger charge is -2.14. The van der Waals surface area contributed by atoms with Gasteiger partial charge in [-0.1, -0.05) is 12.1 Å². The molecule has 3 N–H and O–H groups in total. The second-order valence-electron chi connectivity index (χ2n) is 5.32. The van der Waals surface area contributed by atoms with Gasteiger partial charge < -0.3 is 20.5 Å². The second-order valence-corrected chi connectivity index (χ2v) is 5.32. The summed E-state index contributed by atoms with van der Waals surface area (Å²) in [5.41, 5.74) is 6.98. The van der Waals surface area contributed by atoms with Gasteiger partial charge >= 0.3 is 5.97 Å². The van der Waals surface area contributed by atoms with Crippen molar-refractivity contribution in [3.05, 3.63) is 41.2 Å². The van der Waals surface area contributed by atoms with Gasteiger partial charge in [0.2, 0.25) is 11.9 Å². The minimum atomic E-state index is -0.366. The van der Waals surface area contributed by atoms with E-state index in [0.29, 0.717) is 30.5 Å². The molecular weight excluding hydrogens is 310 g/mol. The number of anilines is 2. The molecule has 0 radical (unpaired) electrons. The predicted octanol–water partition coefficient (Wildman–Crippen LogP) is 1.57. The van der Waals surface area contributed by atoms with Gasteiger partial charge in [-0.3, -0.25) is 0 Å². The van der Waals surface area contributed by atoms with Gasteiger partial charge in [-0.2, -0.15) is 15.0 Å². The molecule has 0 saturated heterocycles. The molecule has 0 bridgehead atoms. The second kappa shape index (κ2) is 8.21. The van der Waals surface area contributed by atoms with E-state index in [-0.39, 0.29) is 18.0 Å². The van der Waals surface area contributed by atoms with Crippen LogP contribution in [0.1, 0.15) is 28.7 Å². The van der Waals surface area contributed by atoms with Crippen LogP contribution in [-0.2, 0) is 16.1 Å². The Morgan fingerprint density at radius 3 is 2.83 bits per heavy atom. The molecule has 0 fully saturated rings. The molecule has 1 heterocycles. The first-order chi connectivity index (χ1) is 11.5. The topological polar surface area (TPSA) is 112 Å². The lowest BCUT2D eigenvalue weighted by Crippen LogP contribution is -2.23. The Hall–Kier alpha value is -2.74. The molecule has 1 unspecified atom stereocenters. The molecule has 0 spiro atoms. The fourth-order valence-corrected chi connectivity index (χ4v) is 2.09. The number of carbonyl (C=O) groups excluding carboxylic acids is 1. The average molecular weight is 331 g/mol. The van der Waals surface area contributed by atoms with Crippen LogP contribution in [0.5, 0.6) is 0 Å². The number of hydrogen-bond donors (Lipinski definition) is 2. The van der Waals surface area contributed by atoms with E-state index in [2.05, 4.69) is 20.3 Å². The zero-order chi connectivity index (χ0) is 17.5. The number of methoxy groups -OCH3 is 1. The third-order valence-electron chi connectivity index (χ3n) is 3.12. The van der Waals surface area contributed by atoms with Gasteiger partial charge in [-0.25, -0.2) is 4.79 Å². The Kier molecular flexibility index (Phi) is 6.02. The molecule has 8 heteroatoms. The molecule has 8 nitrogen and oxygen atoms in total. The number of carbonyl (C=O) groups is 1. The number of hydrogen-bond acceptors (Lipinski definition) is 8. The van der Waals surface area contributed by atoms with E-state index in [1.807, 2.05) is 13.0 Å². The molecule has 0 aliphatic rings. The molecule has 1 aromatic heterocycles. The number of nitrogen functional groups attached to an aromatic ring is 1. The number of benzene rings is 1. The maximum atomic E-state index is 11.5. The maximum absolute atomic E-state index is 11.5. The molecule has 0 amide bonds. The minimum Gasteiger partial charge on any atom is -0.465 e. The number of ether oxygens (including phenoxy) is 2. The Bertz CT molecular complexity index is 688. The van der Waals surface area contributed by atoms with E-state index in [0.717, 1.165) is 5.56 Å². The summed E-state index contributed by atoms with van der Waals surface area (Å²) in [7, 11) is 1.36. The zero-order valence-corrected chi connectivity index (χ0v) is 13.9. The monoisotopic (exact) mass is 331 g/mol. The largest absolute Gasteiger partial charge is 0.465 e. The van der Waals surface area contributed by atoms with Crippen molar-refractivity contribution in [1.29, 1.82) is 0 Å². The molecule has 2 rings (SSSR count). The summed E-state index contributed by atoms with van der Waals surface area (Å²) in [6, 6.07) is 7.12. The number of aryl methyl sites for hydroxylation is 1. The van der Waals surface area contributed by atoms with Gasteiger partial charge in [0.1, 0.15) is 5.82 Å². The fraction of sp³-hybridized carbons (Fsp3) is 0.375. The number of nitrogens with zero attached hydrogens (tertiary/aromatic N) is 3. The van der Waals surface area contributed by atoms with Gasteiger partial charge in [-0.15, -0.1) is 0 Å². The molecule has 1 atom stereocenters. The van der Waals surface area contributed by atoms with E-state index in [1.54, 1.807) is 25.1 Å². The van der Waals surface area contributed by atoms with Crippen molar-refractivity contribution in [2.75, 3.05) is 24.8 Å². The van der Waals surface area contributed by atoms with Crippen molar-refractivity contribution in [2.24, 2.45) is 0 Å². The van der Waals surface area contributed by atoms with Gasteiger partial charge in [0.05, 0.1) is 25.9 Å². The van der Waals surface area contributed by atoms with Crippen LogP contribution in [0.15, 0.2) is 24.3 Å². The maximum Gasteiger partial charge on any atom is 0.337 e. The number of esters is 1. The molecule has 0 aliphatic carbocycles. The molecule has 24 heavy (non-hydrogen) atoms. The Morgan fingerprint density at radius 2 is 2.12 bits per heavy atom. The van der Waals surface area contributed by atoms with Gasteiger partial charge in [0.15, 0.2) is 0 Å². The van der Waals surface area contributed by atoms with Crippen LogP contribution in [-0.4, -0.2) is 40.7 Å². The van der Waals surface area contributed by atoms with Crippen molar-refractivity contribution < 1.29 is 14.3 Å². The molecular formula is C16H21N5O3. The van der Waals surface area contributed by atoms with Crippen LogP contribution in [0, 0.1) is 6.92 Å². The van der Waals surface area contributed by atoms with Gasteiger partial charge in [-0.05, 0) is 31.5 Å². The summed E-state index contributed by atoms with van der Waals surface area (Å²) >= 11 is 0. The summed E-state index contributed by atoms with van der Waals surface area (Å²) in [5.74, 6) is 0.786. The highest BCUT2D eigenvalue weighted by atomic mass is 16.5. The van der Waals surface area contributed by atoms with E-state index in [4.69, 9.17) is 15.2 Å². The lowest BCUT2D eigenvalue weighted by atomic mass is 10.1. The molecule has 128 valence electrons. The Labute approximate surface area is 140 Å². The third-order valence-corrected chi connectivity index (χ3v) is 3.12. The summed E-state index contributed by atoms with van der Waals surface area (Å²) in [6.07, 6.45) is 0. The predicted molar refractivity (Wildman–Crippen MR) is 89.5 cm³/mol. The average Bonchev–Trinajstić information content (AvgIpc) is 2.53. The molecule has 0 aliphatic heterocycles. The summed E-state index contributed by atoms with van der Waals surface area (Å²) in [5, 5.41) is 3.11. The first-order valence-corrected chi connectivity index (χ1v) is 7.47. The number of aromatic nitrogens is 3. The van der Waals surface area contributed by atoms with E-state index < -0.39 is 0 Å². The van der Waals surface area contributed by atoms with Gasteiger partial charge in [0, 0.05) is 6.04 Å². The van der Waals surface area contributed by atoms with Crippen molar-refractivity contribution >= 4 is 17.9 Å². The van der Waals surface area contributed by atoms with Crippen LogP contribution in [0.2, 0.25) is 0 Å². The van der Waals surface area contributed by atoms with Crippen LogP contribution in [0.4, 0.5) is 11.9 Å². The highest BCUT2D eigenvalue weighted by Gasteiger charge is 2.08. The SMILES string of the molecule is COC(=O)c1cccc(COCC(C)Nc2nc(C)nc(N)n2)c1. The molecule has 0 saturated carbocycles. The third kappa shape index (κ3) is 5.17. The first kappa shape index (κ1) is 17.6. The highest BCUT2D eigenvalue weighted by Crippen LogP contribution is 2.09. The van der Waals surface area contributed by atoms with E-state index >= 15 is 0 Å². The summed E-state index contributed by atoms with van der Waals surface area (Å²) in [6.45, 7) is 4.52. The van der Waals surface area contributed by atoms with Crippen molar-refractivity contribution in [2.45, 2.75) is 26.5 Å². The van der Waals surface area contributed by atoms with Gasteiger partial charge in [0.25, 0.3) is 0 Å². The van der Waals surface area contributed by atoms with E-state index in [1.165, 1.54) is 7.11 Å². The number of nitrogens with one attached hydrogen (secondary N) is 1. The standard InChI is InChI=1S/C16H21N5O3/c1-10(18-16-20-11(2)19-15(17)21-16)8-24-9-12-5-4-6-13(7-12)14(22)23-3/h4-7,10H,8-9H2,1-3H3,(H3,17,18,19,20,21). The first-order valence-electron chi connectivity index (χ1n) is 7.47. The van der Waals surface area contributed by atoms with Crippen molar-refractivity contribution in [1.82, 2.24) is 15.0 Å². The van der Waals surface area contributed by atoms with Crippen molar-refractivity contribution in [3.8, 4) is 0 Å². The quantitative estimate of drug-likeness (QED) is 0.735. The normalized spacial score (nSPS) is 11.8. The van der Waals surface area contributed by atoms with E-state index in [9.17, 15) is 4.79 Å². The van der Waals surface area contributed by atoms with Crippen LogP contribution < -0.4 is 11.1 Å². The number of nitrogens with two attached hydrogens (primary N) is 1. The van der Waals surface area contributed by atoms with Crippen LogP contribution in [0.25, 0.3) is 0 Å². The highest BCUT2D eigenvalue weighted by molar-refractivity contribution is 5.89. The lowest BCUT2D eigenvalue weighted by molar-refractivity contribution is 0.0600. The zero-order valence-electron chi connectivity index (χ0n) is 13.9. The molecule has 1 aromatic carbocycles. The summed E-state index contributed by atoms with van der Waals surface area (Å²) < 4.78 is 10.4. The Balaban J connectivity index is 1.84. The fourth-order valence-electron chi connectivity index (χ4n) is 2.09. The minimum absolute atomic E-state index is 0.0185. The summed E-state index contributed by atoms with van der Waals surface area (Å²) in [4.78, 5) is 23.6. The number of rotatable bonds is 7. The van der Waals surface area contributed by atoms with Crippen molar-refractivity contribution in [3.63, 3.8) is 0 Å². The smallest absolute Gasteiger partial charge is 0.337 e. The Morgan fingerprint density at radius 1 is 1.33 bits per heavy atom. The molecule has 2 aromatic rings. The van der Waals surface area contributed by atoms with Crippen LogP contribution >= 0.6 is 0 Å². The van der Waals surface area contributed by atoms with Crippen LogP contribution in [0.3, 0.4) is 0 Å².